The van der Waals surface area contributed by atoms with Crippen LogP contribution in [0.4, 0.5) is 0 Å². The standard InChI is InChI=1S/C16H25NO/c1-4-7-14-11-16(12-17(14)3)18-15-9-6-8-13(5-2)10-15/h6,8-10,14,16H,4-5,7,11-12H2,1-3H3. The second kappa shape index (κ2) is 6.24. The molecule has 1 saturated heterocycles. The number of hydrogen-bond donors (Lipinski definition) is 0. The highest BCUT2D eigenvalue weighted by molar-refractivity contribution is 5.28. The molecule has 0 N–H and O–H groups in total. The number of likely N-dealkylation sites (tertiary alicyclic amines) is 1. The summed E-state index contributed by atoms with van der Waals surface area (Å²) < 4.78 is 6.12. The summed E-state index contributed by atoms with van der Waals surface area (Å²) in [4.78, 5) is 2.44. The highest BCUT2D eigenvalue weighted by Gasteiger charge is 2.29. The minimum absolute atomic E-state index is 0.360. The van der Waals surface area contributed by atoms with Crippen LogP contribution >= 0.6 is 0 Å². The first-order valence-corrected chi connectivity index (χ1v) is 7.18. The number of hydrogen-bond acceptors (Lipinski definition) is 2. The van der Waals surface area contributed by atoms with Gasteiger partial charge < -0.3 is 4.74 Å². The molecule has 2 unspecified atom stereocenters. The second-order valence-corrected chi connectivity index (χ2v) is 5.36. The van der Waals surface area contributed by atoms with Crippen molar-refractivity contribution in [2.75, 3.05) is 13.6 Å². The smallest absolute Gasteiger partial charge is 0.120 e. The van der Waals surface area contributed by atoms with E-state index in [1.807, 2.05) is 0 Å². The molecule has 18 heavy (non-hydrogen) atoms. The highest BCUT2D eigenvalue weighted by atomic mass is 16.5. The first kappa shape index (κ1) is 13.4. The van der Waals surface area contributed by atoms with Gasteiger partial charge in [0.25, 0.3) is 0 Å². The molecule has 0 radical (unpaired) electrons. The summed E-state index contributed by atoms with van der Waals surface area (Å²) in [5, 5.41) is 0. The summed E-state index contributed by atoms with van der Waals surface area (Å²) in [6.45, 7) is 5.49. The molecule has 1 aliphatic heterocycles. The second-order valence-electron chi connectivity index (χ2n) is 5.36. The lowest BCUT2D eigenvalue weighted by Gasteiger charge is -2.16. The maximum atomic E-state index is 6.12. The molecule has 2 nitrogen and oxygen atoms in total. The summed E-state index contributed by atoms with van der Waals surface area (Å²) in [6, 6.07) is 9.21. The van der Waals surface area contributed by atoms with E-state index in [0.717, 1.165) is 18.7 Å². The zero-order valence-corrected chi connectivity index (χ0v) is 11.9. The van der Waals surface area contributed by atoms with Crippen molar-refractivity contribution in [1.82, 2.24) is 4.90 Å². The van der Waals surface area contributed by atoms with Gasteiger partial charge in [-0.25, -0.2) is 0 Å². The normalized spacial score (nSPS) is 24.4. The van der Waals surface area contributed by atoms with E-state index in [9.17, 15) is 0 Å². The predicted molar refractivity (Wildman–Crippen MR) is 76.2 cm³/mol. The van der Waals surface area contributed by atoms with E-state index in [-0.39, 0.29) is 0 Å². The van der Waals surface area contributed by atoms with Crippen molar-refractivity contribution < 1.29 is 4.74 Å². The maximum Gasteiger partial charge on any atom is 0.120 e. The van der Waals surface area contributed by atoms with Crippen LogP contribution < -0.4 is 4.74 Å². The summed E-state index contributed by atoms with van der Waals surface area (Å²) in [7, 11) is 2.21. The van der Waals surface area contributed by atoms with Crippen molar-refractivity contribution in [2.45, 2.75) is 51.7 Å². The molecule has 0 saturated carbocycles. The van der Waals surface area contributed by atoms with E-state index in [1.54, 1.807) is 0 Å². The number of rotatable bonds is 5. The zero-order valence-electron chi connectivity index (χ0n) is 11.9. The molecule has 2 atom stereocenters. The molecular formula is C16H25NO. The van der Waals surface area contributed by atoms with E-state index in [2.05, 4.69) is 50.1 Å². The number of likely N-dealkylation sites (N-methyl/N-ethyl adjacent to an activating group) is 1. The Labute approximate surface area is 111 Å². The van der Waals surface area contributed by atoms with Crippen LogP contribution in [0.1, 0.15) is 38.7 Å². The Morgan fingerprint density at radius 2 is 2.17 bits per heavy atom. The van der Waals surface area contributed by atoms with Gasteiger partial charge in [-0.2, -0.15) is 0 Å². The van der Waals surface area contributed by atoms with Gasteiger partial charge in [0.05, 0.1) is 0 Å². The van der Waals surface area contributed by atoms with Crippen LogP contribution in [0.25, 0.3) is 0 Å². The minimum Gasteiger partial charge on any atom is -0.489 e. The molecule has 0 aromatic heterocycles. The average Bonchev–Trinajstić information content (AvgIpc) is 2.70. The van der Waals surface area contributed by atoms with Gasteiger partial charge in [0, 0.05) is 19.0 Å². The van der Waals surface area contributed by atoms with E-state index >= 15 is 0 Å². The van der Waals surface area contributed by atoms with Gasteiger partial charge in [0.2, 0.25) is 0 Å². The average molecular weight is 247 g/mol. The van der Waals surface area contributed by atoms with E-state index in [0.29, 0.717) is 12.1 Å². The van der Waals surface area contributed by atoms with Crippen molar-refractivity contribution in [1.29, 1.82) is 0 Å². The Bertz CT molecular complexity index is 377. The lowest BCUT2D eigenvalue weighted by atomic mass is 10.1. The van der Waals surface area contributed by atoms with E-state index in [4.69, 9.17) is 4.74 Å². The van der Waals surface area contributed by atoms with Gasteiger partial charge in [-0.15, -0.1) is 0 Å². The summed E-state index contributed by atoms with van der Waals surface area (Å²) in [6.07, 6.45) is 5.14. The van der Waals surface area contributed by atoms with Crippen LogP contribution in [0, 0.1) is 0 Å². The van der Waals surface area contributed by atoms with Crippen LogP contribution in [0.2, 0.25) is 0 Å². The van der Waals surface area contributed by atoms with Gasteiger partial charge >= 0.3 is 0 Å². The third-order valence-corrected chi connectivity index (χ3v) is 3.88. The molecule has 2 rings (SSSR count). The zero-order chi connectivity index (χ0) is 13.0. The molecule has 0 amide bonds. The number of nitrogens with zero attached hydrogens (tertiary/aromatic N) is 1. The summed E-state index contributed by atoms with van der Waals surface area (Å²) >= 11 is 0. The Balaban J connectivity index is 1.94. The Morgan fingerprint density at radius 1 is 1.33 bits per heavy atom. The van der Waals surface area contributed by atoms with Gasteiger partial charge in [-0.05, 0) is 37.6 Å². The van der Waals surface area contributed by atoms with Crippen LogP contribution in [0.5, 0.6) is 5.75 Å². The highest BCUT2D eigenvalue weighted by Crippen LogP contribution is 2.24. The van der Waals surface area contributed by atoms with Crippen LogP contribution in [0.15, 0.2) is 24.3 Å². The van der Waals surface area contributed by atoms with Crippen LogP contribution in [0.3, 0.4) is 0 Å². The molecule has 0 spiro atoms. The van der Waals surface area contributed by atoms with Gasteiger partial charge in [-0.1, -0.05) is 32.4 Å². The van der Waals surface area contributed by atoms with Crippen LogP contribution in [-0.4, -0.2) is 30.6 Å². The predicted octanol–water partition coefficient (Wildman–Crippen LogP) is 3.50. The Hall–Kier alpha value is -1.02. The molecule has 1 aromatic carbocycles. The van der Waals surface area contributed by atoms with Crippen molar-refractivity contribution in [3.63, 3.8) is 0 Å². The molecule has 2 heteroatoms. The molecule has 1 aliphatic rings. The van der Waals surface area contributed by atoms with Gasteiger partial charge in [-0.3, -0.25) is 4.90 Å². The molecular weight excluding hydrogens is 222 g/mol. The van der Waals surface area contributed by atoms with Crippen molar-refractivity contribution in [3.05, 3.63) is 29.8 Å². The van der Waals surface area contributed by atoms with Crippen molar-refractivity contribution >= 4 is 0 Å². The maximum absolute atomic E-state index is 6.12. The van der Waals surface area contributed by atoms with E-state index < -0.39 is 0 Å². The first-order valence-electron chi connectivity index (χ1n) is 7.18. The summed E-state index contributed by atoms with van der Waals surface area (Å²) in [5.41, 5.74) is 1.35. The van der Waals surface area contributed by atoms with E-state index in [1.165, 1.54) is 24.8 Å². The fraction of sp³-hybridized carbons (Fsp3) is 0.625. The minimum atomic E-state index is 0.360. The largest absolute Gasteiger partial charge is 0.489 e. The molecule has 1 heterocycles. The fourth-order valence-corrected chi connectivity index (χ4v) is 2.82. The van der Waals surface area contributed by atoms with Crippen LogP contribution in [-0.2, 0) is 6.42 Å². The molecule has 1 fully saturated rings. The third kappa shape index (κ3) is 3.26. The molecule has 1 aromatic rings. The lowest BCUT2D eigenvalue weighted by molar-refractivity contribution is 0.207. The number of ether oxygens (including phenoxy) is 1. The van der Waals surface area contributed by atoms with Crippen molar-refractivity contribution in [2.24, 2.45) is 0 Å². The Morgan fingerprint density at radius 3 is 2.89 bits per heavy atom. The third-order valence-electron chi connectivity index (χ3n) is 3.88. The summed E-state index contributed by atoms with van der Waals surface area (Å²) in [5.74, 6) is 1.03. The monoisotopic (exact) mass is 247 g/mol. The Kier molecular flexibility index (Phi) is 4.65. The fourth-order valence-electron chi connectivity index (χ4n) is 2.82. The molecule has 0 aliphatic carbocycles. The first-order chi connectivity index (χ1) is 8.72. The topological polar surface area (TPSA) is 12.5 Å². The molecule has 100 valence electrons. The lowest BCUT2D eigenvalue weighted by Crippen LogP contribution is -2.25. The van der Waals surface area contributed by atoms with Crippen molar-refractivity contribution in [3.8, 4) is 5.75 Å². The number of aryl methyl sites for hydroxylation is 1. The van der Waals surface area contributed by atoms with Gasteiger partial charge in [0.1, 0.15) is 11.9 Å². The number of benzene rings is 1. The SMILES string of the molecule is CCCC1CC(Oc2cccc(CC)c2)CN1C. The van der Waals surface area contributed by atoms with Gasteiger partial charge in [0.15, 0.2) is 0 Å². The molecule has 0 bridgehead atoms. The quantitative estimate of drug-likeness (QED) is 0.789.